The summed E-state index contributed by atoms with van der Waals surface area (Å²) in [5, 5.41) is 0. The second-order valence-corrected chi connectivity index (χ2v) is 4.53. The van der Waals surface area contributed by atoms with E-state index >= 15 is 0 Å². The Labute approximate surface area is 101 Å². The maximum atomic E-state index is 12.1. The fraction of sp³-hybridized carbons (Fsp3) is 0.429. The predicted octanol–water partition coefficient (Wildman–Crippen LogP) is 2.42. The Balaban J connectivity index is 2.14. The Morgan fingerprint density at radius 3 is 2.88 bits per heavy atom. The summed E-state index contributed by atoms with van der Waals surface area (Å²) in [5.41, 5.74) is 1.84. The lowest BCUT2D eigenvalue weighted by molar-refractivity contribution is -0.117. The van der Waals surface area contributed by atoms with Crippen LogP contribution in [0.1, 0.15) is 35.7 Å². The normalized spacial score (nSPS) is 18.0. The van der Waals surface area contributed by atoms with Gasteiger partial charge in [-0.3, -0.25) is 4.79 Å². The SMILES string of the molecule is COc1ccc2c(c1)CC(CCC(C)=O)C2=O. The van der Waals surface area contributed by atoms with Crippen molar-refractivity contribution in [2.24, 2.45) is 5.92 Å². The van der Waals surface area contributed by atoms with Gasteiger partial charge in [0.05, 0.1) is 7.11 Å². The molecular formula is C14H16O3. The first kappa shape index (κ1) is 11.8. The lowest BCUT2D eigenvalue weighted by atomic mass is 9.98. The topological polar surface area (TPSA) is 43.4 Å². The lowest BCUT2D eigenvalue weighted by Crippen LogP contribution is -2.10. The molecule has 0 spiro atoms. The summed E-state index contributed by atoms with van der Waals surface area (Å²) in [4.78, 5) is 23.0. The number of methoxy groups -OCH3 is 1. The molecular weight excluding hydrogens is 216 g/mol. The van der Waals surface area contributed by atoms with Crippen molar-refractivity contribution in [2.75, 3.05) is 7.11 Å². The van der Waals surface area contributed by atoms with Gasteiger partial charge in [0.2, 0.25) is 0 Å². The van der Waals surface area contributed by atoms with Gasteiger partial charge in [-0.1, -0.05) is 0 Å². The molecule has 0 fully saturated rings. The number of hydrogen-bond acceptors (Lipinski definition) is 3. The monoisotopic (exact) mass is 232 g/mol. The van der Waals surface area contributed by atoms with Crippen LogP contribution >= 0.6 is 0 Å². The summed E-state index contributed by atoms with van der Waals surface area (Å²) < 4.78 is 5.14. The number of rotatable bonds is 4. The molecule has 0 radical (unpaired) electrons. The van der Waals surface area contributed by atoms with E-state index < -0.39 is 0 Å². The Kier molecular flexibility index (Phi) is 3.27. The van der Waals surface area contributed by atoms with Crippen molar-refractivity contribution in [1.82, 2.24) is 0 Å². The molecule has 1 unspecified atom stereocenters. The summed E-state index contributed by atoms with van der Waals surface area (Å²) in [5.74, 6) is 1.07. The van der Waals surface area contributed by atoms with E-state index in [9.17, 15) is 9.59 Å². The van der Waals surface area contributed by atoms with Crippen molar-refractivity contribution in [3.05, 3.63) is 29.3 Å². The molecule has 0 saturated heterocycles. The first-order valence-corrected chi connectivity index (χ1v) is 5.82. The first-order chi connectivity index (χ1) is 8.11. The third-order valence-corrected chi connectivity index (χ3v) is 3.26. The molecule has 0 N–H and O–H groups in total. The van der Waals surface area contributed by atoms with Gasteiger partial charge in [-0.15, -0.1) is 0 Å². The van der Waals surface area contributed by atoms with Crippen molar-refractivity contribution in [3.8, 4) is 5.75 Å². The number of hydrogen-bond donors (Lipinski definition) is 0. The van der Waals surface area contributed by atoms with Crippen molar-refractivity contribution in [1.29, 1.82) is 0 Å². The van der Waals surface area contributed by atoms with Gasteiger partial charge in [-0.05, 0) is 43.5 Å². The van der Waals surface area contributed by atoms with Crippen molar-refractivity contribution >= 4 is 11.6 Å². The molecule has 3 heteroatoms. The largest absolute Gasteiger partial charge is 0.497 e. The highest BCUT2D eigenvalue weighted by Gasteiger charge is 2.30. The van der Waals surface area contributed by atoms with E-state index in [1.807, 2.05) is 18.2 Å². The first-order valence-electron chi connectivity index (χ1n) is 5.82. The number of fused-ring (bicyclic) bond motifs is 1. The third-order valence-electron chi connectivity index (χ3n) is 3.26. The average Bonchev–Trinajstić information content (AvgIpc) is 2.63. The molecule has 1 aliphatic rings. The van der Waals surface area contributed by atoms with Crippen molar-refractivity contribution < 1.29 is 14.3 Å². The molecule has 0 saturated carbocycles. The van der Waals surface area contributed by atoms with E-state index in [0.29, 0.717) is 12.8 Å². The van der Waals surface area contributed by atoms with Crippen LogP contribution in [0, 0.1) is 5.92 Å². The highest BCUT2D eigenvalue weighted by atomic mass is 16.5. The lowest BCUT2D eigenvalue weighted by Gasteiger charge is -2.04. The van der Waals surface area contributed by atoms with Crippen molar-refractivity contribution in [3.63, 3.8) is 0 Å². The Hall–Kier alpha value is -1.64. The zero-order valence-electron chi connectivity index (χ0n) is 10.2. The highest BCUT2D eigenvalue weighted by molar-refractivity contribution is 6.02. The van der Waals surface area contributed by atoms with Crippen molar-refractivity contribution in [2.45, 2.75) is 26.2 Å². The molecule has 1 atom stereocenters. The summed E-state index contributed by atoms with van der Waals surface area (Å²) in [6.07, 6.45) is 1.88. The van der Waals surface area contributed by atoms with Gasteiger partial charge in [0.25, 0.3) is 0 Å². The van der Waals surface area contributed by atoms with Gasteiger partial charge >= 0.3 is 0 Å². The molecule has 1 aromatic carbocycles. The number of ketones is 2. The van der Waals surface area contributed by atoms with Gasteiger partial charge in [-0.25, -0.2) is 0 Å². The maximum Gasteiger partial charge on any atom is 0.166 e. The van der Waals surface area contributed by atoms with E-state index in [4.69, 9.17) is 4.74 Å². The van der Waals surface area contributed by atoms with Crippen LogP contribution in [0.5, 0.6) is 5.75 Å². The number of benzene rings is 1. The standard InChI is InChI=1S/C14H16O3/c1-9(15)3-4-10-7-11-8-12(17-2)5-6-13(11)14(10)16/h5-6,8,10H,3-4,7H2,1-2H3. The van der Waals surface area contributed by atoms with E-state index in [1.54, 1.807) is 14.0 Å². The molecule has 1 aliphatic carbocycles. The van der Waals surface area contributed by atoms with Crippen LogP contribution in [0.25, 0.3) is 0 Å². The minimum atomic E-state index is -0.0268. The number of ether oxygens (including phenoxy) is 1. The van der Waals surface area contributed by atoms with E-state index in [-0.39, 0.29) is 17.5 Å². The van der Waals surface area contributed by atoms with E-state index in [0.717, 1.165) is 23.3 Å². The number of carbonyl (C=O) groups is 2. The molecule has 2 rings (SSSR count). The van der Waals surface area contributed by atoms with Crippen LogP contribution in [0.15, 0.2) is 18.2 Å². The zero-order chi connectivity index (χ0) is 12.4. The molecule has 0 aromatic heterocycles. The summed E-state index contributed by atoms with van der Waals surface area (Å²) in [7, 11) is 1.62. The van der Waals surface area contributed by atoms with Gasteiger partial charge < -0.3 is 9.53 Å². The van der Waals surface area contributed by atoms with Gasteiger partial charge in [0.1, 0.15) is 11.5 Å². The summed E-state index contributed by atoms with van der Waals surface area (Å²) in [6, 6.07) is 5.55. The Bertz CT molecular complexity index is 463. The average molecular weight is 232 g/mol. The maximum absolute atomic E-state index is 12.1. The third kappa shape index (κ3) is 2.38. The fourth-order valence-electron chi connectivity index (χ4n) is 2.30. The van der Waals surface area contributed by atoms with Crippen LogP contribution in [-0.2, 0) is 11.2 Å². The van der Waals surface area contributed by atoms with Crippen LogP contribution in [0.2, 0.25) is 0 Å². The van der Waals surface area contributed by atoms with E-state index in [2.05, 4.69) is 0 Å². The minimum absolute atomic E-state index is 0.0268. The van der Waals surface area contributed by atoms with Crippen LogP contribution < -0.4 is 4.74 Å². The molecule has 3 nitrogen and oxygen atoms in total. The van der Waals surface area contributed by atoms with Gasteiger partial charge in [-0.2, -0.15) is 0 Å². The zero-order valence-corrected chi connectivity index (χ0v) is 10.2. The summed E-state index contributed by atoms with van der Waals surface area (Å²) >= 11 is 0. The predicted molar refractivity (Wildman–Crippen MR) is 64.4 cm³/mol. The van der Waals surface area contributed by atoms with Crippen LogP contribution in [0.3, 0.4) is 0 Å². The quantitative estimate of drug-likeness (QED) is 0.800. The summed E-state index contributed by atoms with van der Waals surface area (Å²) in [6.45, 7) is 1.57. The molecule has 0 aliphatic heterocycles. The second kappa shape index (κ2) is 4.70. The smallest absolute Gasteiger partial charge is 0.166 e. The molecule has 0 bridgehead atoms. The molecule has 1 aromatic rings. The Morgan fingerprint density at radius 2 is 2.24 bits per heavy atom. The highest BCUT2D eigenvalue weighted by Crippen LogP contribution is 2.32. The molecule has 0 amide bonds. The van der Waals surface area contributed by atoms with Gasteiger partial charge in [0, 0.05) is 17.9 Å². The Morgan fingerprint density at radius 1 is 1.47 bits per heavy atom. The molecule has 0 heterocycles. The van der Waals surface area contributed by atoms with E-state index in [1.165, 1.54) is 0 Å². The minimum Gasteiger partial charge on any atom is -0.497 e. The number of Topliss-reactive ketones (excluding diaryl/α,β-unsaturated/α-hetero) is 2. The van der Waals surface area contributed by atoms with Crippen LogP contribution in [-0.4, -0.2) is 18.7 Å². The molecule has 90 valence electrons. The number of carbonyl (C=O) groups excluding carboxylic acids is 2. The fourth-order valence-corrected chi connectivity index (χ4v) is 2.30. The second-order valence-electron chi connectivity index (χ2n) is 4.53. The van der Waals surface area contributed by atoms with Gasteiger partial charge in [0.15, 0.2) is 5.78 Å². The van der Waals surface area contributed by atoms with Crippen LogP contribution in [0.4, 0.5) is 0 Å². The molecule has 17 heavy (non-hydrogen) atoms.